The molecule has 0 fully saturated rings. The molecule has 1 amide bonds. The van der Waals surface area contributed by atoms with E-state index in [-0.39, 0.29) is 26.0 Å². The SMILES string of the molecule is O=C(Nc1ccc(F)cc1)c1c(O)c(Br)cc(Br)c1O. The first kappa shape index (κ1) is 14.8. The second kappa shape index (κ2) is 5.80. The summed E-state index contributed by atoms with van der Waals surface area (Å²) in [5, 5.41) is 22.1. The topological polar surface area (TPSA) is 69.6 Å². The van der Waals surface area contributed by atoms with E-state index in [1.807, 2.05) is 0 Å². The van der Waals surface area contributed by atoms with Gasteiger partial charge < -0.3 is 15.5 Å². The predicted molar refractivity (Wildman–Crippen MR) is 79.5 cm³/mol. The summed E-state index contributed by atoms with van der Waals surface area (Å²) in [6, 6.07) is 6.53. The van der Waals surface area contributed by atoms with Crippen LogP contribution in [0.3, 0.4) is 0 Å². The molecule has 0 saturated heterocycles. The van der Waals surface area contributed by atoms with Crippen molar-refractivity contribution in [2.75, 3.05) is 5.32 Å². The molecule has 0 bridgehead atoms. The van der Waals surface area contributed by atoms with E-state index in [0.29, 0.717) is 5.69 Å². The van der Waals surface area contributed by atoms with Crippen LogP contribution in [0, 0.1) is 5.82 Å². The van der Waals surface area contributed by atoms with Crippen molar-refractivity contribution >= 4 is 43.5 Å². The number of benzene rings is 2. The van der Waals surface area contributed by atoms with Gasteiger partial charge in [0.2, 0.25) is 0 Å². The summed E-state index contributed by atoms with van der Waals surface area (Å²) in [6.45, 7) is 0. The average Bonchev–Trinajstić information content (AvgIpc) is 2.39. The third-order valence-corrected chi connectivity index (χ3v) is 3.72. The maximum absolute atomic E-state index is 12.8. The van der Waals surface area contributed by atoms with Crippen molar-refractivity contribution in [3.8, 4) is 11.5 Å². The third-order valence-electron chi connectivity index (χ3n) is 2.51. The minimum Gasteiger partial charge on any atom is -0.506 e. The zero-order valence-corrected chi connectivity index (χ0v) is 13.0. The Labute approximate surface area is 130 Å². The molecule has 0 spiro atoms. The summed E-state index contributed by atoms with van der Waals surface area (Å²) in [4.78, 5) is 12.1. The van der Waals surface area contributed by atoms with Crippen molar-refractivity contribution in [3.63, 3.8) is 0 Å². The van der Waals surface area contributed by atoms with E-state index in [1.165, 1.54) is 30.3 Å². The number of phenols is 2. The lowest BCUT2D eigenvalue weighted by Crippen LogP contribution is -2.12. The van der Waals surface area contributed by atoms with E-state index < -0.39 is 11.7 Å². The molecule has 4 nitrogen and oxygen atoms in total. The molecule has 0 atom stereocenters. The number of rotatable bonds is 2. The van der Waals surface area contributed by atoms with Gasteiger partial charge in [0.15, 0.2) is 0 Å². The van der Waals surface area contributed by atoms with Gasteiger partial charge >= 0.3 is 0 Å². The molecular weight excluding hydrogens is 397 g/mol. The van der Waals surface area contributed by atoms with Gasteiger partial charge in [0, 0.05) is 5.69 Å². The Morgan fingerprint density at radius 1 is 1.05 bits per heavy atom. The van der Waals surface area contributed by atoms with Gasteiger partial charge in [0.25, 0.3) is 5.91 Å². The molecule has 0 aliphatic carbocycles. The van der Waals surface area contributed by atoms with Crippen molar-refractivity contribution in [1.82, 2.24) is 0 Å². The maximum Gasteiger partial charge on any atom is 0.263 e. The number of carbonyl (C=O) groups excluding carboxylic acids is 1. The van der Waals surface area contributed by atoms with E-state index in [2.05, 4.69) is 37.2 Å². The van der Waals surface area contributed by atoms with E-state index in [9.17, 15) is 19.4 Å². The molecule has 2 aromatic carbocycles. The summed E-state index contributed by atoms with van der Waals surface area (Å²) in [5.41, 5.74) is 0.0573. The van der Waals surface area contributed by atoms with Crippen molar-refractivity contribution in [2.45, 2.75) is 0 Å². The Morgan fingerprint density at radius 2 is 1.55 bits per heavy atom. The Hall–Kier alpha value is -1.60. The van der Waals surface area contributed by atoms with Gasteiger partial charge in [-0.05, 0) is 62.2 Å². The van der Waals surface area contributed by atoms with Crippen LogP contribution >= 0.6 is 31.9 Å². The van der Waals surface area contributed by atoms with Gasteiger partial charge in [0.05, 0.1) is 8.95 Å². The Kier molecular flexibility index (Phi) is 4.29. The predicted octanol–water partition coefficient (Wildman–Crippen LogP) is 4.01. The second-order valence-electron chi connectivity index (χ2n) is 3.87. The summed E-state index contributed by atoms with van der Waals surface area (Å²) in [5.74, 6) is -1.91. The summed E-state index contributed by atoms with van der Waals surface area (Å²) < 4.78 is 13.3. The first-order chi connectivity index (χ1) is 9.40. The number of hydrogen-bond acceptors (Lipinski definition) is 3. The molecule has 0 saturated carbocycles. The van der Waals surface area contributed by atoms with E-state index in [4.69, 9.17) is 0 Å². The summed E-state index contributed by atoms with van der Waals surface area (Å²) in [7, 11) is 0. The largest absolute Gasteiger partial charge is 0.506 e. The van der Waals surface area contributed by atoms with Gasteiger partial charge in [-0.1, -0.05) is 0 Å². The number of phenolic OH excluding ortho intramolecular Hbond substituents is 2. The van der Waals surface area contributed by atoms with Crippen LogP contribution in [0.2, 0.25) is 0 Å². The van der Waals surface area contributed by atoms with Crippen LogP contribution < -0.4 is 5.32 Å². The number of amides is 1. The molecule has 0 radical (unpaired) electrons. The normalized spacial score (nSPS) is 10.3. The van der Waals surface area contributed by atoms with Gasteiger partial charge in [-0.15, -0.1) is 0 Å². The molecular formula is C13H8Br2FNO3. The molecule has 0 aliphatic heterocycles. The highest BCUT2D eigenvalue weighted by molar-refractivity contribution is 9.11. The van der Waals surface area contributed by atoms with Crippen molar-refractivity contribution < 1.29 is 19.4 Å². The molecule has 2 aromatic rings. The molecule has 3 N–H and O–H groups in total. The molecule has 0 aliphatic rings. The van der Waals surface area contributed by atoms with Crippen LogP contribution in [0.5, 0.6) is 11.5 Å². The fraction of sp³-hybridized carbons (Fsp3) is 0. The van der Waals surface area contributed by atoms with Gasteiger partial charge in [-0.25, -0.2) is 4.39 Å². The number of carbonyl (C=O) groups is 1. The van der Waals surface area contributed by atoms with Gasteiger partial charge in [0.1, 0.15) is 22.9 Å². The fourth-order valence-electron chi connectivity index (χ4n) is 1.54. The monoisotopic (exact) mass is 403 g/mol. The van der Waals surface area contributed by atoms with E-state index in [1.54, 1.807) is 0 Å². The molecule has 0 aromatic heterocycles. The van der Waals surface area contributed by atoms with Gasteiger partial charge in [-0.3, -0.25) is 4.79 Å². The number of halogens is 3. The number of nitrogens with one attached hydrogen (secondary N) is 1. The second-order valence-corrected chi connectivity index (χ2v) is 5.58. The van der Waals surface area contributed by atoms with Crippen LogP contribution in [0.4, 0.5) is 10.1 Å². The lowest BCUT2D eigenvalue weighted by molar-refractivity contribution is 0.102. The standard InChI is InChI=1S/C13H8Br2FNO3/c14-8-5-9(15)12(19)10(11(8)18)13(20)17-7-3-1-6(16)2-4-7/h1-5,18-19H,(H,17,20). The first-order valence-corrected chi connectivity index (χ1v) is 6.95. The minimum atomic E-state index is -0.714. The highest BCUT2D eigenvalue weighted by Gasteiger charge is 2.21. The zero-order chi connectivity index (χ0) is 14.9. The number of anilines is 1. The number of hydrogen-bond donors (Lipinski definition) is 3. The van der Waals surface area contributed by atoms with Crippen molar-refractivity contribution in [3.05, 3.63) is 50.7 Å². The van der Waals surface area contributed by atoms with Crippen LogP contribution in [0.15, 0.2) is 39.3 Å². The molecule has 0 unspecified atom stereocenters. The number of aromatic hydroxyl groups is 2. The van der Waals surface area contributed by atoms with Crippen LogP contribution in [0.1, 0.15) is 10.4 Å². The van der Waals surface area contributed by atoms with Crippen molar-refractivity contribution in [2.24, 2.45) is 0 Å². The van der Waals surface area contributed by atoms with Gasteiger partial charge in [-0.2, -0.15) is 0 Å². The van der Waals surface area contributed by atoms with Crippen molar-refractivity contribution in [1.29, 1.82) is 0 Å². The average molecular weight is 405 g/mol. The minimum absolute atomic E-state index is 0.256. The van der Waals surface area contributed by atoms with E-state index in [0.717, 1.165) is 0 Å². The molecule has 0 heterocycles. The fourth-order valence-corrected chi connectivity index (χ4v) is 2.70. The quantitative estimate of drug-likeness (QED) is 0.708. The lowest BCUT2D eigenvalue weighted by Gasteiger charge is -2.11. The lowest BCUT2D eigenvalue weighted by atomic mass is 10.1. The molecule has 20 heavy (non-hydrogen) atoms. The molecule has 104 valence electrons. The summed E-state index contributed by atoms with van der Waals surface area (Å²) >= 11 is 6.15. The first-order valence-electron chi connectivity index (χ1n) is 5.37. The highest BCUT2D eigenvalue weighted by atomic mass is 79.9. The van der Waals surface area contributed by atoms with Crippen LogP contribution in [-0.4, -0.2) is 16.1 Å². The van der Waals surface area contributed by atoms with E-state index >= 15 is 0 Å². The molecule has 2 rings (SSSR count). The van der Waals surface area contributed by atoms with Crippen LogP contribution in [0.25, 0.3) is 0 Å². The third kappa shape index (κ3) is 2.94. The highest BCUT2D eigenvalue weighted by Crippen LogP contribution is 2.40. The zero-order valence-electron chi connectivity index (χ0n) is 9.82. The Balaban J connectivity index is 2.37. The molecule has 7 heteroatoms. The van der Waals surface area contributed by atoms with Crippen LogP contribution in [-0.2, 0) is 0 Å². The smallest absolute Gasteiger partial charge is 0.263 e. The maximum atomic E-state index is 12.8. The summed E-state index contributed by atoms with van der Waals surface area (Å²) in [6.07, 6.45) is 0. The Morgan fingerprint density at radius 3 is 2.05 bits per heavy atom. The Bertz CT molecular complexity index is 648.